The second-order valence-electron chi connectivity index (χ2n) is 4.42. The normalized spacial score (nSPS) is 29.5. The van der Waals surface area contributed by atoms with Gasteiger partial charge in [0.15, 0.2) is 0 Å². The number of ether oxygens (including phenoxy) is 1. The van der Waals surface area contributed by atoms with Gasteiger partial charge in [-0.3, -0.25) is 4.79 Å². The lowest BCUT2D eigenvalue weighted by atomic mass is 10.1. The van der Waals surface area contributed by atoms with Gasteiger partial charge >= 0.3 is 0 Å². The molecule has 0 aromatic rings. The van der Waals surface area contributed by atoms with Crippen LogP contribution in [0.4, 0.5) is 0 Å². The van der Waals surface area contributed by atoms with E-state index in [1.807, 2.05) is 4.90 Å². The number of azide groups is 1. The Morgan fingerprint density at radius 2 is 2.50 bits per heavy atom. The molecular weight excluding hydrogens is 208 g/mol. The van der Waals surface area contributed by atoms with E-state index in [0.717, 1.165) is 19.4 Å². The van der Waals surface area contributed by atoms with Crippen molar-refractivity contribution < 1.29 is 9.53 Å². The molecule has 2 fully saturated rings. The predicted molar refractivity (Wildman–Crippen MR) is 57.7 cm³/mol. The van der Waals surface area contributed by atoms with E-state index in [4.69, 9.17) is 10.3 Å². The standard InChI is InChI=1S/C10H16N4O2/c11-13-12-5-8-4-10(15)14(6-8)7-9-2-1-3-16-9/h8-9H,1-7H2. The molecule has 2 heterocycles. The molecule has 2 rings (SSSR count). The minimum atomic E-state index is 0.161. The summed E-state index contributed by atoms with van der Waals surface area (Å²) in [6, 6.07) is 0. The number of carbonyl (C=O) groups is 1. The monoisotopic (exact) mass is 224 g/mol. The first-order valence-corrected chi connectivity index (χ1v) is 5.70. The molecule has 0 spiro atoms. The molecule has 0 bridgehead atoms. The summed E-state index contributed by atoms with van der Waals surface area (Å²) in [5, 5.41) is 3.52. The van der Waals surface area contributed by atoms with Crippen LogP contribution in [0, 0.1) is 5.92 Å². The van der Waals surface area contributed by atoms with Crippen LogP contribution in [-0.2, 0) is 9.53 Å². The fourth-order valence-corrected chi connectivity index (χ4v) is 2.34. The molecule has 2 aliphatic rings. The number of rotatable bonds is 4. The van der Waals surface area contributed by atoms with Gasteiger partial charge in [0.25, 0.3) is 0 Å². The van der Waals surface area contributed by atoms with Crippen LogP contribution in [0.1, 0.15) is 19.3 Å². The molecule has 0 saturated carbocycles. The molecule has 2 aliphatic heterocycles. The minimum Gasteiger partial charge on any atom is -0.376 e. The van der Waals surface area contributed by atoms with Crippen molar-refractivity contribution >= 4 is 5.91 Å². The lowest BCUT2D eigenvalue weighted by Gasteiger charge is -2.20. The van der Waals surface area contributed by atoms with Crippen molar-refractivity contribution in [1.82, 2.24) is 4.90 Å². The van der Waals surface area contributed by atoms with Crippen molar-refractivity contribution in [3.05, 3.63) is 10.4 Å². The molecule has 2 unspecified atom stereocenters. The summed E-state index contributed by atoms with van der Waals surface area (Å²) in [7, 11) is 0. The highest BCUT2D eigenvalue weighted by atomic mass is 16.5. The van der Waals surface area contributed by atoms with Crippen LogP contribution in [-0.4, -0.2) is 43.2 Å². The molecule has 0 radical (unpaired) electrons. The van der Waals surface area contributed by atoms with E-state index in [-0.39, 0.29) is 17.9 Å². The molecule has 0 aliphatic carbocycles. The van der Waals surface area contributed by atoms with E-state index < -0.39 is 0 Å². The van der Waals surface area contributed by atoms with Gasteiger partial charge in [0.05, 0.1) is 6.10 Å². The van der Waals surface area contributed by atoms with E-state index in [1.54, 1.807) is 0 Å². The quantitative estimate of drug-likeness (QED) is 0.410. The first-order chi connectivity index (χ1) is 7.79. The van der Waals surface area contributed by atoms with Crippen LogP contribution in [0.2, 0.25) is 0 Å². The first kappa shape index (κ1) is 11.2. The van der Waals surface area contributed by atoms with Crippen LogP contribution in [0.25, 0.3) is 10.4 Å². The van der Waals surface area contributed by atoms with Crippen LogP contribution >= 0.6 is 0 Å². The number of nitrogens with zero attached hydrogens (tertiary/aromatic N) is 4. The Balaban J connectivity index is 1.81. The summed E-state index contributed by atoms with van der Waals surface area (Å²) in [6.07, 6.45) is 2.85. The molecule has 1 amide bonds. The number of hydrogen-bond acceptors (Lipinski definition) is 3. The molecule has 16 heavy (non-hydrogen) atoms. The zero-order valence-corrected chi connectivity index (χ0v) is 9.21. The highest BCUT2D eigenvalue weighted by Gasteiger charge is 2.31. The summed E-state index contributed by atoms with van der Waals surface area (Å²) < 4.78 is 5.50. The van der Waals surface area contributed by atoms with Crippen molar-refractivity contribution in [2.24, 2.45) is 11.0 Å². The molecule has 0 aromatic heterocycles. The Labute approximate surface area is 94.2 Å². The Morgan fingerprint density at radius 3 is 3.19 bits per heavy atom. The summed E-state index contributed by atoms with van der Waals surface area (Å²) >= 11 is 0. The van der Waals surface area contributed by atoms with Gasteiger partial charge in [0.1, 0.15) is 0 Å². The molecule has 88 valence electrons. The molecular formula is C10H16N4O2. The second kappa shape index (κ2) is 5.18. The van der Waals surface area contributed by atoms with Crippen LogP contribution in [0.5, 0.6) is 0 Å². The van der Waals surface area contributed by atoms with Crippen molar-refractivity contribution in [1.29, 1.82) is 0 Å². The maximum absolute atomic E-state index is 11.7. The zero-order chi connectivity index (χ0) is 11.4. The predicted octanol–water partition coefficient (Wildman–Crippen LogP) is 1.32. The fraction of sp³-hybridized carbons (Fsp3) is 0.900. The van der Waals surface area contributed by atoms with Gasteiger partial charge in [-0.2, -0.15) is 0 Å². The highest BCUT2D eigenvalue weighted by molar-refractivity contribution is 5.78. The van der Waals surface area contributed by atoms with Crippen molar-refractivity contribution in [2.75, 3.05) is 26.2 Å². The van der Waals surface area contributed by atoms with E-state index >= 15 is 0 Å². The SMILES string of the molecule is [N-]=[N+]=NCC1CC(=O)N(CC2CCCO2)C1. The molecule has 0 N–H and O–H groups in total. The third-order valence-corrected chi connectivity index (χ3v) is 3.15. The summed E-state index contributed by atoms with van der Waals surface area (Å²) in [4.78, 5) is 16.2. The number of likely N-dealkylation sites (tertiary alicyclic amines) is 1. The van der Waals surface area contributed by atoms with Gasteiger partial charge in [0.2, 0.25) is 5.91 Å². The Kier molecular flexibility index (Phi) is 3.64. The average Bonchev–Trinajstić information content (AvgIpc) is 2.87. The Hall–Kier alpha value is -1.26. The molecule has 2 saturated heterocycles. The topological polar surface area (TPSA) is 78.3 Å². The third kappa shape index (κ3) is 2.65. The van der Waals surface area contributed by atoms with E-state index in [2.05, 4.69) is 10.0 Å². The lowest BCUT2D eigenvalue weighted by Crippen LogP contribution is -2.33. The number of carbonyl (C=O) groups excluding carboxylic acids is 1. The maximum atomic E-state index is 11.7. The number of hydrogen-bond donors (Lipinski definition) is 0. The van der Waals surface area contributed by atoms with Gasteiger partial charge in [-0.25, -0.2) is 0 Å². The smallest absolute Gasteiger partial charge is 0.223 e. The van der Waals surface area contributed by atoms with Gasteiger partial charge in [-0.15, -0.1) is 0 Å². The molecule has 6 nitrogen and oxygen atoms in total. The summed E-state index contributed by atoms with van der Waals surface area (Å²) in [5.74, 6) is 0.346. The van der Waals surface area contributed by atoms with Gasteiger partial charge in [-0.1, -0.05) is 5.11 Å². The van der Waals surface area contributed by atoms with Crippen molar-refractivity contribution in [2.45, 2.75) is 25.4 Å². The van der Waals surface area contributed by atoms with E-state index in [1.165, 1.54) is 0 Å². The van der Waals surface area contributed by atoms with E-state index in [9.17, 15) is 4.79 Å². The summed E-state index contributed by atoms with van der Waals surface area (Å²) in [6.45, 7) is 2.64. The third-order valence-electron chi connectivity index (χ3n) is 3.15. The fourth-order valence-electron chi connectivity index (χ4n) is 2.34. The molecule has 0 aromatic carbocycles. The summed E-state index contributed by atoms with van der Waals surface area (Å²) in [5.41, 5.74) is 8.23. The highest BCUT2D eigenvalue weighted by Crippen LogP contribution is 2.21. The second-order valence-corrected chi connectivity index (χ2v) is 4.42. The van der Waals surface area contributed by atoms with Crippen LogP contribution in [0.3, 0.4) is 0 Å². The lowest BCUT2D eigenvalue weighted by molar-refractivity contribution is -0.129. The average molecular weight is 224 g/mol. The van der Waals surface area contributed by atoms with Crippen molar-refractivity contribution in [3.63, 3.8) is 0 Å². The van der Waals surface area contributed by atoms with Gasteiger partial charge in [0, 0.05) is 37.6 Å². The molecule has 2 atom stereocenters. The van der Waals surface area contributed by atoms with Crippen LogP contribution in [0.15, 0.2) is 5.11 Å². The maximum Gasteiger partial charge on any atom is 0.223 e. The van der Waals surface area contributed by atoms with Gasteiger partial charge in [-0.05, 0) is 24.3 Å². The molecule has 6 heteroatoms. The first-order valence-electron chi connectivity index (χ1n) is 5.70. The van der Waals surface area contributed by atoms with Crippen LogP contribution < -0.4 is 0 Å². The Morgan fingerprint density at radius 1 is 1.62 bits per heavy atom. The zero-order valence-electron chi connectivity index (χ0n) is 9.21. The minimum absolute atomic E-state index is 0.161. The van der Waals surface area contributed by atoms with Crippen molar-refractivity contribution in [3.8, 4) is 0 Å². The van der Waals surface area contributed by atoms with E-state index in [0.29, 0.717) is 26.1 Å². The Bertz CT molecular complexity index is 308. The van der Waals surface area contributed by atoms with Gasteiger partial charge < -0.3 is 9.64 Å². The largest absolute Gasteiger partial charge is 0.376 e. The number of amides is 1.